The summed E-state index contributed by atoms with van der Waals surface area (Å²) in [6.07, 6.45) is 0.432. The Kier molecular flexibility index (Phi) is 4.89. The lowest BCUT2D eigenvalue weighted by molar-refractivity contribution is -0.120. The van der Waals surface area contributed by atoms with Crippen LogP contribution in [0.25, 0.3) is 0 Å². The van der Waals surface area contributed by atoms with E-state index in [1.165, 1.54) is 0 Å². The fraction of sp³-hybridized carbons (Fsp3) is 0.429. The van der Waals surface area contributed by atoms with Crippen molar-refractivity contribution in [3.8, 4) is 0 Å². The first-order chi connectivity index (χ1) is 8.45. The van der Waals surface area contributed by atoms with E-state index >= 15 is 0 Å². The van der Waals surface area contributed by atoms with E-state index < -0.39 is 6.04 Å². The van der Waals surface area contributed by atoms with Crippen LogP contribution in [0.3, 0.4) is 0 Å². The average Bonchev–Trinajstić information content (AvgIpc) is 2.37. The van der Waals surface area contributed by atoms with Crippen molar-refractivity contribution in [1.82, 2.24) is 5.32 Å². The molecule has 4 heteroatoms. The van der Waals surface area contributed by atoms with E-state index in [4.69, 9.17) is 0 Å². The van der Waals surface area contributed by atoms with E-state index in [0.29, 0.717) is 12.0 Å². The smallest absolute Gasteiger partial charge is 0.251 e. The maximum Gasteiger partial charge on any atom is 0.251 e. The van der Waals surface area contributed by atoms with Crippen LogP contribution in [0.15, 0.2) is 24.3 Å². The van der Waals surface area contributed by atoms with Gasteiger partial charge in [0.05, 0.1) is 6.04 Å². The summed E-state index contributed by atoms with van der Waals surface area (Å²) < 4.78 is 0. The molecule has 18 heavy (non-hydrogen) atoms. The van der Waals surface area contributed by atoms with Gasteiger partial charge in [-0.15, -0.1) is 0 Å². The number of Topliss-reactive ketones (excluding diaryl/α,β-unsaturated/α-hetero) is 1. The van der Waals surface area contributed by atoms with Crippen LogP contribution in [0.5, 0.6) is 0 Å². The minimum atomic E-state index is -0.434. The van der Waals surface area contributed by atoms with Gasteiger partial charge in [0.15, 0.2) is 5.78 Å². The molecule has 1 aromatic carbocycles. The Labute approximate surface area is 108 Å². The molecule has 1 unspecified atom stereocenters. The van der Waals surface area contributed by atoms with Gasteiger partial charge >= 0.3 is 0 Å². The zero-order valence-corrected chi connectivity index (χ0v) is 11.4. The Morgan fingerprint density at radius 2 is 1.78 bits per heavy atom. The van der Waals surface area contributed by atoms with Crippen LogP contribution in [0.2, 0.25) is 0 Å². The van der Waals surface area contributed by atoms with Crippen molar-refractivity contribution in [3.63, 3.8) is 0 Å². The van der Waals surface area contributed by atoms with Crippen molar-refractivity contribution in [3.05, 3.63) is 29.8 Å². The highest BCUT2D eigenvalue weighted by Gasteiger charge is 2.14. The molecular formula is C14H20N2O2. The number of anilines is 1. The summed E-state index contributed by atoms with van der Waals surface area (Å²) in [6.45, 7) is 3.49. The summed E-state index contributed by atoms with van der Waals surface area (Å²) in [5.41, 5.74) is 1.60. The summed E-state index contributed by atoms with van der Waals surface area (Å²) in [5, 5.41) is 2.69. The summed E-state index contributed by atoms with van der Waals surface area (Å²) in [6, 6.07) is 6.83. The number of rotatable bonds is 5. The van der Waals surface area contributed by atoms with Crippen LogP contribution in [0.4, 0.5) is 5.69 Å². The minimum absolute atomic E-state index is 0.0354. The topological polar surface area (TPSA) is 49.4 Å². The number of carbonyl (C=O) groups excluding carboxylic acids is 2. The number of nitrogens with zero attached hydrogens (tertiary/aromatic N) is 1. The van der Waals surface area contributed by atoms with Gasteiger partial charge in [0, 0.05) is 31.8 Å². The molecule has 0 saturated heterocycles. The third kappa shape index (κ3) is 3.58. The van der Waals surface area contributed by atoms with E-state index in [-0.39, 0.29) is 11.7 Å². The third-order valence-corrected chi connectivity index (χ3v) is 2.82. The average molecular weight is 248 g/mol. The number of hydrogen-bond donors (Lipinski definition) is 1. The molecule has 98 valence electrons. The molecule has 0 fully saturated rings. The molecular weight excluding hydrogens is 228 g/mol. The van der Waals surface area contributed by atoms with Crippen molar-refractivity contribution >= 4 is 17.4 Å². The maximum atomic E-state index is 11.9. The van der Waals surface area contributed by atoms with Gasteiger partial charge in [-0.05, 0) is 31.2 Å². The second kappa shape index (κ2) is 6.19. The lowest BCUT2D eigenvalue weighted by Crippen LogP contribution is -2.38. The van der Waals surface area contributed by atoms with E-state index in [0.717, 1.165) is 5.69 Å². The van der Waals surface area contributed by atoms with Crippen molar-refractivity contribution in [2.45, 2.75) is 26.3 Å². The molecule has 1 atom stereocenters. The lowest BCUT2D eigenvalue weighted by atomic mass is 10.1. The van der Waals surface area contributed by atoms with Gasteiger partial charge in [-0.25, -0.2) is 0 Å². The van der Waals surface area contributed by atoms with Gasteiger partial charge in [-0.1, -0.05) is 6.92 Å². The van der Waals surface area contributed by atoms with E-state index in [9.17, 15) is 9.59 Å². The molecule has 1 amide bonds. The molecule has 0 radical (unpaired) electrons. The molecule has 0 aliphatic carbocycles. The highest BCUT2D eigenvalue weighted by molar-refractivity contribution is 5.97. The first-order valence-electron chi connectivity index (χ1n) is 6.06. The number of amides is 1. The molecule has 0 aliphatic rings. The number of nitrogens with one attached hydrogen (secondary N) is 1. The number of benzene rings is 1. The van der Waals surface area contributed by atoms with E-state index in [1.54, 1.807) is 26.0 Å². The molecule has 4 nitrogen and oxygen atoms in total. The van der Waals surface area contributed by atoms with Gasteiger partial charge in [0.1, 0.15) is 0 Å². The van der Waals surface area contributed by atoms with E-state index in [2.05, 4.69) is 5.32 Å². The Balaban J connectivity index is 2.70. The molecule has 1 aromatic rings. The maximum absolute atomic E-state index is 11.9. The quantitative estimate of drug-likeness (QED) is 0.865. The zero-order valence-electron chi connectivity index (χ0n) is 11.4. The van der Waals surface area contributed by atoms with Gasteiger partial charge in [-0.3, -0.25) is 9.59 Å². The van der Waals surface area contributed by atoms with Crippen LogP contribution < -0.4 is 10.2 Å². The summed E-state index contributed by atoms with van der Waals surface area (Å²) in [7, 11) is 3.88. The van der Waals surface area contributed by atoms with Crippen LogP contribution in [0, 0.1) is 0 Å². The van der Waals surface area contributed by atoms with Crippen molar-refractivity contribution in [1.29, 1.82) is 0 Å². The Morgan fingerprint density at radius 3 is 2.22 bits per heavy atom. The van der Waals surface area contributed by atoms with Gasteiger partial charge in [0.2, 0.25) is 0 Å². The van der Waals surface area contributed by atoms with Crippen LogP contribution in [0.1, 0.15) is 30.6 Å². The summed E-state index contributed by atoms with van der Waals surface area (Å²) >= 11 is 0. The van der Waals surface area contributed by atoms with Crippen LogP contribution >= 0.6 is 0 Å². The van der Waals surface area contributed by atoms with Crippen LogP contribution in [-0.2, 0) is 4.79 Å². The lowest BCUT2D eigenvalue weighted by Gasteiger charge is -2.14. The predicted molar refractivity (Wildman–Crippen MR) is 73.0 cm³/mol. The predicted octanol–water partition coefficient (Wildman–Crippen LogP) is 1.85. The normalized spacial score (nSPS) is 11.8. The van der Waals surface area contributed by atoms with Crippen LogP contribution in [-0.4, -0.2) is 31.8 Å². The molecule has 0 aliphatic heterocycles. The zero-order chi connectivity index (χ0) is 13.7. The van der Waals surface area contributed by atoms with Crippen molar-refractivity contribution < 1.29 is 9.59 Å². The SMILES string of the molecule is CCC(=O)C(C)NC(=O)c1ccc(N(C)C)cc1. The molecule has 1 rings (SSSR count). The Bertz CT molecular complexity index is 424. The molecule has 0 saturated carbocycles. The second-order valence-electron chi connectivity index (χ2n) is 4.46. The fourth-order valence-electron chi connectivity index (χ4n) is 1.58. The molecule has 0 heterocycles. The molecule has 0 bridgehead atoms. The fourth-order valence-corrected chi connectivity index (χ4v) is 1.58. The van der Waals surface area contributed by atoms with Gasteiger partial charge in [0.25, 0.3) is 5.91 Å². The molecule has 0 spiro atoms. The number of carbonyl (C=O) groups is 2. The summed E-state index contributed by atoms with van der Waals surface area (Å²) in [5.74, 6) is -0.178. The summed E-state index contributed by atoms with van der Waals surface area (Å²) in [4.78, 5) is 25.2. The Hall–Kier alpha value is -1.84. The first-order valence-corrected chi connectivity index (χ1v) is 6.06. The Morgan fingerprint density at radius 1 is 1.22 bits per heavy atom. The monoisotopic (exact) mass is 248 g/mol. The standard InChI is InChI=1S/C14H20N2O2/c1-5-13(17)10(2)15-14(18)11-6-8-12(9-7-11)16(3)4/h6-10H,5H2,1-4H3,(H,15,18). The molecule has 0 aromatic heterocycles. The number of ketones is 1. The highest BCUT2D eigenvalue weighted by Crippen LogP contribution is 2.12. The van der Waals surface area contributed by atoms with E-state index in [1.807, 2.05) is 31.1 Å². The highest BCUT2D eigenvalue weighted by atomic mass is 16.2. The second-order valence-corrected chi connectivity index (χ2v) is 4.46. The minimum Gasteiger partial charge on any atom is -0.378 e. The van der Waals surface area contributed by atoms with Gasteiger partial charge in [-0.2, -0.15) is 0 Å². The number of hydrogen-bond acceptors (Lipinski definition) is 3. The van der Waals surface area contributed by atoms with Gasteiger partial charge < -0.3 is 10.2 Å². The largest absolute Gasteiger partial charge is 0.378 e. The van der Waals surface area contributed by atoms with Crippen molar-refractivity contribution in [2.75, 3.05) is 19.0 Å². The van der Waals surface area contributed by atoms with Crippen molar-refractivity contribution in [2.24, 2.45) is 0 Å². The molecule has 1 N–H and O–H groups in total. The third-order valence-electron chi connectivity index (χ3n) is 2.82. The first kappa shape index (κ1) is 14.2.